The van der Waals surface area contributed by atoms with E-state index in [9.17, 15) is 0 Å². The van der Waals surface area contributed by atoms with Crippen LogP contribution in [0.3, 0.4) is 0 Å². The highest BCUT2D eigenvalue weighted by Crippen LogP contribution is 2.20. The molecule has 0 radical (unpaired) electrons. The van der Waals surface area contributed by atoms with Crippen molar-refractivity contribution in [1.82, 2.24) is 24.6 Å². The molecule has 1 saturated heterocycles. The summed E-state index contributed by atoms with van der Waals surface area (Å²) in [5.74, 6) is 1.76. The molecule has 0 amide bonds. The fraction of sp³-hybridized carbons (Fsp3) is 0.278. The summed E-state index contributed by atoms with van der Waals surface area (Å²) in [5, 5.41) is 4.74. The second kappa shape index (κ2) is 6.30. The number of hydrogen-bond donors (Lipinski definition) is 0. The van der Waals surface area contributed by atoms with Gasteiger partial charge in [-0.05, 0) is 38.1 Å². The molecule has 23 heavy (non-hydrogen) atoms. The predicted octanol–water partition coefficient (Wildman–Crippen LogP) is 2.93. The molecule has 0 spiro atoms. The number of rotatable bonds is 4. The summed E-state index contributed by atoms with van der Waals surface area (Å²) in [6, 6.07) is 14.1. The molecule has 0 atom stereocenters. The Morgan fingerprint density at radius 1 is 0.913 bits per heavy atom. The Labute approximate surface area is 135 Å². The van der Waals surface area contributed by atoms with E-state index in [1.807, 2.05) is 47.1 Å². The van der Waals surface area contributed by atoms with Gasteiger partial charge in [0, 0.05) is 18.0 Å². The van der Waals surface area contributed by atoms with E-state index >= 15 is 0 Å². The van der Waals surface area contributed by atoms with Gasteiger partial charge in [-0.1, -0.05) is 30.3 Å². The number of likely N-dealkylation sites (tertiary alicyclic amines) is 1. The summed E-state index contributed by atoms with van der Waals surface area (Å²) >= 11 is 0. The standard InChI is InChI=1S/C18H19N5/c1-2-6-15(7-3-1)18-20-17(14-22-12-4-5-13-22)23(21-18)16-8-10-19-11-9-16/h1-3,6-11H,4-5,12-14H2. The Hall–Kier alpha value is -2.53. The molecule has 2 aromatic heterocycles. The molecule has 1 aromatic carbocycles. The van der Waals surface area contributed by atoms with E-state index in [2.05, 4.69) is 9.88 Å². The van der Waals surface area contributed by atoms with Gasteiger partial charge in [-0.2, -0.15) is 0 Å². The zero-order valence-corrected chi connectivity index (χ0v) is 13.0. The molecule has 116 valence electrons. The van der Waals surface area contributed by atoms with Crippen molar-refractivity contribution in [2.75, 3.05) is 13.1 Å². The molecule has 5 nitrogen and oxygen atoms in total. The van der Waals surface area contributed by atoms with Crippen molar-refractivity contribution >= 4 is 0 Å². The summed E-state index contributed by atoms with van der Waals surface area (Å²) in [6.07, 6.45) is 6.13. The highest BCUT2D eigenvalue weighted by atomic mass is 15.4. The van der Waals surface area contributed by atoms with Crippen molar-refractivity contribution in [3.8, 4) is 17.1 Å². The van der Waals surface area contributed by atoms with Crippen molar-refractivity contribution in [2.45, 2.75) is 19.4 Å². The summed E-state index contributed by atoms with van der Waals surface area (Å²) in [6.45, 7) is 3.12. The second-order valence-corrected chi connectivity index (χ2v) is 5.82. The largest absolute Gasteiger partial charge is 0.296 e. The van der Waals surface area contributed by atoms with E-state index in [-0.39, 0.29) is 0 Å². The molecule has 0 bridgehead atoms. The number of aromatic nitrogens is 4. The topological polar surface area (TPSA) is 46.8 Å². The molecular formula is C18H19N5. The van der Waals surface area contributed by atoms with Crippen LogP contribution >= 0.6 is 0 Å². The van der Waals surface area contributed by atoms with Crippen LogP contribution in [-0.4, -0.2) is 37.7 Å². The number of hydrogen-bond acceptors (Lipinski definition) is 4. The van der Waals surface area contributed by atoms with Gasteiger partial charge in [-0.3, -0.25) is 9.88 Å². The fourth-order valence-electron chi connectivity index (χ4n) is 2.99. The van der Waals surface area contributed by atoms with Gasteiger partial charge >= 0.3 is 0 Å². The van der Waals surface area contributed by atoms with Crippen LogP contribution in [0.2, 0.25) is 0 Å². The van der Waals surface area contributed by atoms with Crippen LogP contribution in [0.4, 0.5) is 0 Å². The maximum Gasteiger partial charge on any atom is 0.181 e. The van der Waals surface area contributed by atoms with Crippen LogP contribution in [0.15, 0.2) is 54.9 Å². The first-order valence-corrected chi connectivity index (χ1v) is 8.04. The van der Waals surface area contributed by atoms with Gasteiger partial charge in [0.25, 0.3) is 0 Å². The first-order valence-electron chi connectivity index (χ1n) is 8.04. The van der Waals surface area contributed by atoms with Gasteiger partial charge in [-0.15, -0.1) is 5.10 Å². The Morgan fingerprint density at radius 2 is 1.65 bits per heavy atom. The molecule has 1 fully saturated rings. The Morgan fingerprint density at radius 3 is 2.39 bits per heavy atom. The van der Waals surface area contributed by atoms with Gasteiger partial charge in [0.15, 0.2) is 5.82 Å². The summed E-state index contributed by atoms with van der Waals surface area (Å²) in [7, 11) is 0. The van der Waals surface area contributed by atoms with Gasteiger partial charge in [-0.25, -0.2) is 9.67 Å². The first-order chi connectivity index (χ1) is 11.4. The number of pyridine rings is 1. The average Bonchev–Trinajstić information content (AvgIpc) is 3.27. The quantitative estimate of drug-likeness (QED) is 0.743. The molecule has 0 unspecified atom stereocenters. The van der Waals surface area contributed by atoms with Crippen LogP contribution in [-0.2, 0) is 6.54 Å². The highest BCUT2D eigenvalue weighted by Gasteiger charge is 2.18. The highest BCUT2D eigenvalue weighted by molar-refractivity contribution is 5.54. The molecule has 0 N–H and O–H groups in total. The van der Waals surface area contributed by atoms with Crippen molar-refractivity contribution < 1.29 is 0 Å². The minimum absolute atomic E-state index is 0.775. The molecule has 1 aliphatic heterocycles. The van der Waals surface area contributed by atoms with E-state index in [1.54, 1.807) is 12.4 Å². The maximum atomic E-state index is 4.81. The van der Waals surface area contributed by atoms with Crippen molar-refractivity contribution in [2.24, 2.45) is 0 Å². The lowest BCUT2D eigenvalue weighted by molar-refractivity contribution is 0.319. The van der Waals surface area contributed by atoms with Crippen LogP contribution in [0, 0.1) is 0 Å². The fourth-order valence-corrected chi connectivity index (χ4v) is 2.99. The van der Waals surface area contributed by atoms with E-state index in [1.165, 1.54) is 12.8 Å². The first kappa shape index (κ1) is 14.1. The Balaban J connectivity index is 1.74. The van der Waals surface area contributed by atoms with Crippen molar-refractivity contribution in [1.29, 1.82) is 0 Å². The SMILES string of the molecule is c1ccc(-c2nc(CN3CCCC3)n(-c3ccncc3)n2)cc1. The molecule has 1 aliphatic rings. The molecule has 3 aromatic rings. The Kier molecular flexibility index (Phi) is 3.86. The number of nitrogens with zero attached hydrogens (tertiary/aromatic N) is 5. The summed E-state index contributed by atoms with van der Waals surface area (Å²) in [5.41, 5.74) is 2.05. The summed E-state index contributed by atoms with van der Waals surface area (Å²) < 4.78 is 1.95. The zero-order valence-electron chi connectivity index (χ0n) is 13.0. The molecule has 0 aliphatic carbocycles. The van der Waals surface area contributed by atoms with Crippen LogP contribution in [0.25, 0.3) is 17.1 Å². The third-order valence-corrected chi connectivity index (χ3v) is 4.18. The minimum atomic E-state index is 0.775. The third kappa shape index (κ3) is 3.00. The van der Waals surface area contributed by atoms with Crippen LogP contribution in [0.1, 0.15) is 18.7 Å². The average molecular weight is 305 g/mol. The maximum absolute atomic E-state index is 4.81. The molecule has 5 heteroatoms. The van der Waals surface area contributed by atoms with Crippen molar-refractivity contribution in [3.05, 3.63) is 60.7 Å². The smallest absolute Gasteiger partial charge is 0.181 e. The lowest BCUT2D eigenvalue weighted by Crippen LogP contribution is -2.21. The predicted molar refractivity (Wildman–Crippen MR) is 89.1 cm³/mol. The lowest BCUT2D eigenvalue weighted by Gasteiger charge is -2.14. The summed E-state index contributed by atoms with van der Waals surface area (Å²) in [4.78, 5) is 11.3. The van der Waals surface area contributed by atoms with E-state index < -0.39 is 0 Å². The molecule has 4 rings (SSSR count). The minimum Gasteiger partial charge on any atom is -0.296 e. The van der Waals surface area contributed by atoms with Crippen LogP contribution < -0.4 is 0 Å². The van der Waals surface area contributed by atoms with Gasteiger partial charge in [0.1, 0.15) is 5.82 Å². The molecular weight excluding hydrogens is 286 g/mol. The van der Waals surface area contributed by atoms with E-state index in [0.717, 1.165) is 42.5 Å². The van der Waals surface area contributed by atoms with Crippen LogP contribution in [0.5, 0.6) is 0 Å². The van der Waals surface area contributed by atoms with E-state index in [0.29, 0.717) is 0 Å². The third-order valence-electron chi connectivity index (χ3n) is 4.18. The second-order valence-electron chi connectivity index (χ2n) is 5.82. The molecule has 0 saturated carbocycles. The monoisotopic (exact) mass is 305 g/mol. The van der Waals surface area contributed by atoms with Gasteiger partial charge < -0.3 is 0 Å². The van der Waals surface area contributed by atoms with Gasteiger partial charge in [0.05, 0.1) is 12.2 Å². The van der Waals surface area contributed by atoms with Gasteiger partial charge in [0.2, 0.25) is 0 Å². The normalized spacial score (nSPS) is 15.1. The molecule has 3 heterocycles. The Bertz CT molecular complexity index is 761. The van der Waals surface area contributed by atoms with Crippen molar-refractivity contribution in [3.63, 3.8) is 0 Å². The lowest BCUT2D eigenvalue weighted by atomic mass is 10.2. The number of benzene rings is 1. The zero-order chi connectivity index (χ0) is 15.5. The van der Waals surface area contributed by atoms with E-state index in [4.69, 9.17) is 10.1 Å².